The zero-order chi connectivity index (χ0) is 19.1. The minimum Gasteiger partial charge on any atom is -0.368 e. The number of halogens is 2. The third-order valence-electron chi connectivity index (χ3n) is 3.82. The van der Waals surface area contributed by atoms with Gasteiger partial charge in [0.15, 0.2) is 5.82 Å². The summed E-state index contributed by atoms with van der Waals surface area (Å²) in [4.78, 5) is 12.0. The van der Waals surface area contributed by atoms with Crippen molar-refractivity contribution in [2.24, 2.45) is 0 Å². The van der Waals surface area contributed by atoms with E-state index in [1.165, 1.54) is 17.7 Å². The van der Waals surface area contributed by atoms with E-state index < -0.39 is 0 Å². The van der Waals surface area contributed by atoms with Crippen molar-refractivity contribution in [3.8, 4) is 0 Å². The maximum Gasteiger partial charge on any atom is 0.229 e. The number of nitrogens with zero attached hydrogens (tertiary/aromatic N) is 2. The molecule has 0 saturated heterocycles. The second kappa shape index (κ2) is 9.09. The van der Waals surface area contributed by atoms with Crippen molar-refractivity contribution in [2.45, 2.75) is 12.8 Å². The molecule has 0 aliphatic heterocycles. The van der Waals surface area contributed by atoms with E-state index in [0.29, 0.717) is 28.8 Å². The predicted molar refractivity (Wildman–Crippen MR) is 104 cm³/mol. The van der Waals surface area contributed by atoms with E-state index in [4.69, 9.17) is 11.6 Å². The average Bonchev–Trinajstić information content (AvgIpc) is 2.65. The molecule has 0 atom stereocenters. The first-order valence-corrected chi connectivity index (χ1v) is 8.82. The molecule has 0 fully saturated rings. The van der Waals surface area contributed by atoms with Crippen molar-refractivity contribution >= 4 is 29.1 Å². The van der Waals surface area contributed by atoms with Gasteiger partial charge in [0, 0.05) is 11.6 Å². The Kier molecular flexibility index (Phi) is 6.33. The Hall–Kier alpha value is -2.99. The molecule has 0 spiro atoms. The zero-order valence-corrected chi connectivity index (χ0v) is 15.2. The van der Waals surface area contributed by atoms with E-state index in [-0.39, 0.29) is 18.1 Å². The highest BCUT2D eigenvalue weighted by molar-refractivity contribution is 6.30. The van der Waals surface area contributed by atoms with Gasteiger partial charge in [0.1, 0.15) is 11.6 Å². The monoisotopic (exact) mass is 384 g/mol. The molecular weight excluding hydrogens is 367 g/mol. The molecule has 7 heteroatoms. The number of anilines is 2. The van der Waals surface area contributed by atoms with Crippen molar-refractivity contribution in [1.82, 2.24) is 10.2 Å². The van der Waals surface area contributed by atoms with Crippen molar-refractivity contribution in [3.63, 3.8) is 0 Å². The third-order valence-corrected chi connectivity index (χ3v) is 4.07. The SMILES string of the molecule is O=C(Cc1cccc(F)c1)Nc1ccc(NCCc2ccc(Cl)cc2)nn1. The Morgan fingerprint density at radius 3 is 2.41 bits per heavy atom. The first-order valence-electron chi connectivity index (χ1n) is 8.45. The number of hydrogen-bond donors (Lipinski definition) is 2. The Morgan fingerprint density at radius 2 is 1.70 bits per heavy atom. The van der Waals surface area contributed by atoms with Crippen LogP contribution >= 0.6 is 11.6 Å². The summed E-state index contributed by atoms with van der Waals surface area (Å²) in [7, 11) is 0. The number of nitrogens with one attached hydrogen (secondary N) is 2. The molecule has 0 aliphatic rings. The Bertz CT molecular complexity index is 901. The summed E-state index contributed by atoms with van der Waals surface area (Å²) in [6.07, 6.45) is 0.894. The van der Waals surface area contributed by atoms with Crippen LogP contribution in [0, 0.1) is 5.82 Å². The van der Waals surface area contributed by atoms with Crippen LogP contribution in [0.5, 0.6) is 0 Å². The Morgan fingerprint density at radius 1 is 0.963 bits per heavy atom. The first-order chi connectivity index (χ1) is 13.1. The van der Waals surface area contributed by atoms with Crippen LogP contribution in [-0.2, 0) is 17.6 Å². The van der Waals surface area contributed by atoms with Gasteiger partial charge in [-0.1, -0.05) is 35.9 Å². The van der Waals surface area contributed by atoms with Crippen LogP contribution in [0.25, 0.3) is 0 Å². The molecule has 1 aromatic heterocycles. The number of carbonyl (C=O) groups excluding carboxylic acids is 1. The van der Waals surface area contributed by atoms with Crippen molar-refractivity contribution in [3.05, 3.63) is 82.6 Å². The molecule has 27 heavy (non-hydrogen) atoms. The third kappa shape index (κ3) is 6.04. The normalized spacial score (nSPS) is 10.4. The summed E-state index contributed by atoms with van der Waals surface area (Å²) in [6, 6.07) is 17.0. The molecule has 3 rings (SSSR count). The second-order valence-corrected chi connectivity index (χ2v) is 6.40. The van der Waals surface area contributed by atoms with E-state index >= 15 is 0 Å². The van der Waals surface area contributed by atoms with Gasteiger partial charge < -0.3 is 10.6 Å². The van der Waals surface area contributed by atoms with Gasteiger partial charge in [0.05, 0.1) is 6.42 Å². The highest BCUT2D eigenvalue weighted by atomic mass is 35.5. The standard InChI is InChI=1S/C20H18ClFN4O/c21-16-6-4-14(5-7-16)10-11-23-18-8-9-19(26-25-18)24-20(27)13-15-2-1-3-17(22)12-15/h1-9,12H,10-11,13H2,(H,23,25)(H,24,26,27). The van der Waals surface area contributed by atoms with E-state index in [1.54, 1.807) is 24.3 Å². The minimum atomic E-state index is -0.367. The van der Waals surface area contributed by atoms with Crippen molar-refractivity contribution in [2.75, 3.05) is 17.2 Å². The molecule has 0 bridgehead atoms. The maximum atomic E-state index is 13.1. The maximum absolute atomic E-state index is 13.1. The minimum absolute atomic E-state index is 0.0700. The number of benzene rings is 2. The topological polar surface area (TPSA) is 66.9 Å². The van der Waals surface area contributed by atoms with Crippen LogP contribution in [0.1, 0.15) is 11.1 Å². The Balaban J connectivity index is 1.46. The fraction of sp³-hybridized carbons (Fsp3) is 0.150. The van der Waals surface area contributed by atoms with Crippen LogP contribution in [-0.4, -0.2) is 22.6 Å². The van der Waals surface area contributed by atoms with E-state index in [1.807, 2.05) is 24.3 Å². The lowest BCUT2D eigenvalue weighted by atomic mass is 10.1. The van der Waals surface area contributed by atoms with E-state index in [2.05, 4.69) is 20.8 Å². The second-order valence-electron chi connectivity index (χ2n) is 5.96. The molecular formula is C20H18ClFN4O. The van der Waals surface area contributed by atoms with Crippen LogP contribution in [0.3, 0.4) is 0 Å². The number of hydrogen-bond acceptors (Lipinski definition) is 4. The fourth-order valence-corrected chi connectivity index (χ4v) is 2.62. The predicted octanol–water partition coefficient (Wildman–Crippen LogP) is 4.10. The lowest BCUT2D eigenvalue weighted by molar-refractivity contribution is -0.115. The summed E-state index contributed by atoms with van der Waals surface area (Å²) in [6.45, 7) is 0.696. The molecule has 0 aliphatic carbocycles. The quantitative estimate of drug-likeness (QED) is 0.643. The van der Waals surface area contributed by atoms with Gasteiger partial charge in [-0.3, -0.25) is 4.79 Å². The number of rotatable bonds is 7. The Labute approximate surface area is 161 Å². The van der Waals surface area contributed by atoms with Gasteiger partial charge in [0.2, 0.25) is 5.91 Å². The molecule has 0 radical (unpaired) electrons. The molecule has 3 aromatic rings. The molecule has 1 heterocycles. The summed E-state index contributed by atoms with van der Waals surface area (Å²) in [5.74, 6) is 0.319. The van der Waals surface area contributed by atoms with E-state index in [9.17, 15) is 9.18 Å². The van der Waals surface area contributed by atoms with Crippen LogP contribution in [0.15, 0.2) is 60.7 Å². The zero-order valence-electron chi connectivity index (χ0n) is 14.5. The lowest BCUT2D eigenvalue weighted by Crippen LogP contribution is -2.16. The first kappa shape index (κ1) is 18.8. The van der Waals surface area contributed by atoms with Crippen molar-refractivity contribution in [1.29, 1.82) is 0 Å². The molecule has 0 unspecified atom stereocenters. The lowest BCUT2D eigenvalue weighted by Gasteiger charge is -2.07. The van der Waals surface area contributed by atoms with Gasteiger partial charge >= 0.3 is 0 Å². The largest absolute Gasteiger partial charge is 0.368 e. The molecule has 1 amide bonds. The average molecular weight is 385 g/mol. The molecule has 2 aromatic carbocycles. The van der Waals surface area contributed by atoms with Gasteiger partial charge in [-0.2, -0.15) is 0 Å². The van der Waals surface area contributed by atoms with Gasteiger partial charge in [-0.15, -0.1) is 10.2 Å². The molecule has 2 N–H and O–H groups in total. The van der Waals surface area contributed by atoms with Crippen LogP contribution in [0.4, 0.5) is 16.0 Å². The van der Waals surface area contributed by atoms with Gasteiger partial charge in [0.25, 0.3) is 0 Å². The number of aromatic nitrogens is 2. The molecule has 0 saturated carbocycles. The number of carbonyl (C=O) groups is 1. The fourth-order valence-electron chi connectivity index (χ4n) is 2.50. The highest BCUT2D eigenvalue weighted by Gasteiger charge is 2.06. The van der Waals surface area contributed by atoms with Crippen LogP contribution < -0.4 is 10.6 Å². The van der Waals surface area contributed by atoms with Gasteiger partial charge in [-0.25, -0.2) is 4.39 Å². The summed E-state index contributed by atoms with van der Waals surface area (Å²) < 4.78 is 13.1. The molecule has 138 valence electrons. The smallest absolute Gasteiger partial charge is 0.229 e. The molecule has 5 nitrogen and oxygen atoms in total. The number of amides is 1. The summed E-state index contributed by atoms with van der Waals surface area (Å²) in [5.41, 5.74) is 1.77. The van der Waals surface area contributed by atoms with Crippen molar-refractivity contribution < 1.29 is 9.18 Å². The van der Waals surface area contributed by atoms with E-state index in [0.717, 1.165) is 6.42 Å². The van der Waals surface area contributed by atoms with Crippen LogP contribution in [0.2, 0.25) is 5.02 Å². The highest BCUT2D eigenvalue weighted by Crippen LogP contribution is 2.11. The van der Waals surface area contributed by atoms with Gasteiger partial charge in [-0.05, 0) is 53.9 Å². The summed E-state index contributed by atoms with van der Waals surface area (Å²) >= 11 is 5.86. The summed E-state index contributed by atoms with van der Waals surface area (Å²) in [5, 5.41) is 14.6.